The molecule has 0 aliphatic carbocycles. The van der Waals surface area contributed by atoms with Crippen molar-refractivity contribution in [3.63, 3.8) is 0 Å². The van der Waals surface area contributed by atoms with Crippen molar-refractivity contribution in [1.29, 1.82) is 0 Å². The Morgan fingerprint density at radius 2 is 1.97 bits per heavy atom. The number of aryl methyl sites for hydroxylation is 1. The van der Waals surface area contributed by atoms with E-state index in [2.05, 4.69) is 15.6 Å². The molecule has 162 valence electrons. The Morgan fingerprint density at radius 3 is 2.78 bits per heavy atom. The number of carbonyl (C=O) groups excluding carboxylic acids is 2. The second kappa shape index (κ2) is 10.0. The van der Waals surface area contributed by atoms with Gasteiger partial charge in [0.25, 0.3) is 5.91 Å². The number of nitrogens with zero attached hydrogens (tertiary/aromatic N) is 2. The fourth-order valence-corrected chi connectivity index (χ4v) is 3.90. The average molecular weight is 447 g/mol. The third kappa shape index (κ3) is 5.47. The lowest BCUT2D eigenvalue weighted by molar-refractivity contribution is -0.113. The molecule has 0 aliphatic rings. The first-order valence-corrected chi connectivity index (χ1v) is 11.0. The van der Waals surface area contributed by atoms with Gasteiger partial charge < -0.3 is 15.1 Å². The molecule has 2 N–H and O–H groups in total. The molecule has 2 heterocycles. The highest BCUT2D eigenvalue weighted by Crippen LogP contribution is 2.22. The maximum atomic E-state index is 12.5. The van der Waals surface area contributed by atoms with Crippen LogP contribution >= 0.6 is 11.8 Å². The summed E-state index contributed by atoms with van der Waals surface area (Å²) in [5.74, 6) is 0.594. The summed E-state index contributed by atoms with van der Waals surface area (Å²) in [6.45, 7) is 2.30. The molecule has 2 aromatic heterocycles. The van der Waals surface area contributed by atoms with Crippen molar-refractivity contribution in [1.82, 2.24) is 14.9 Å². The molecule has 32 heavy (non-hydrogen) atoms. The number of hydrogen-bond donors (Lipinski definition) is 2. The molecular weight excluding hydrogens is 424 g/mol. The Bertz CT molecular complexity index is 1220. The van der Waals surface area contributed by atoms with Crippen LogP contribution in [0, 0.1) is 6.92 Å². The maximum absolute atomic E-state index is 12.5. The van der Waals surface area contributed by atoms with E-state index in [1.807, 2.05) is 47.9 Å². The summed E-state index contributed by atoms with van der Waals surface area (Å²) in [5.41, 5.74) is 3.16. The molecule has 0 bridgehead atoms. The summed E-state index contributed by atoms with van der Waals surface area (Å²) < 4.78 is 7.10. The van der Waals surface area contributed by atoms with Gasteiger partial charge in [0.2, 0.25) is 5.91 Å². The average Bonchev–Trinajstić information content (AvgIpc) is 3.48. The number of carbonyl (C=O) groups is 2. The van der Waals surface area contributed by atoms with Crippen LogP contribution in [0.3, 0.4) is 0 Å². The zero-order valence-corrected chi connectivity index (χ0v) is 18.3. The molecule has 0 radical (unpaired) electrons. The highest BCUT2D eigenvalue weighted by molar-refractivity contribution is 7.99. The van der Waals surface area contributed by atoms with E-state index in [4.69, 9.17) is 4.42 Å². The number of hydrogen-bond acceptors (Lipinski definition) is 5. The van der Waals surface area contributed by atoms with E-state index in [9.17, 15) is 9.59 Å². The molecule has 2 aromatic carbocycles. The quantitative estimate of drug-likeness (QED) is 0.391. The Morgan fingerprint density at radius 1 is 1.09 bits per heavy atom. The van der Waals surface area contributed by atoms with Gasteiger partial charge in [0.15, 0.2) is 5.16 Å². The van der Waals surface area contributed by atoms with Crippen LogP contribution in [0.15, 0.2) is 88.9 Å². The molecule has 2 amide bonds. The number of thioether (sulfide) groups is 1. The maximum Gasteiger partial charge on any atom is 0.251 e. The summed E-state index contributed by atoms with van der Waals surface area (Å²) in [7, 11) is 0. The Kier molecular flexibility index (Phi) is 6.72. The normalized spacial score (nSPS) is 10.7. The number of nitrogens with one attached hydrogen (secondary N) is 2. The summed E-state index contributed by atoms with van der Waals surface area (Å²) >= 11 is 1.33. The lowest BCUT2D eigenvalue weighted by Gasteiger charge is -2.10. The van der Waals surface area contributed by atoms with Crippen molar-refractivity contribution in [3.8, 4) is 5.69 Å². The lowest BCUT2D eigenvalue weighted by Crippen LogP contribution is -2.22. The molecule has 0 spiro atoms. The number of aromatic nitrogens is 2. The first kappa shape index (κ1) is 21.5. The number of rotatable bonds is 8. The number of furan rings is 1. The minimum atomic E-state index is -0.199. The van der Waals surface area contributed by atoms with Gasteiger partial charge in [0, 0.05) is 29.3 Å². The number of imidazole rings is 1. The van der Waals surface area contributed by atoms with E-state index in [0.717, 1.165) is 16.9 Å². The molecule has 4 rings (SSSR count). The minimum Gasteiger partial charge on any atom is -0.467 e. The van der Waals surface area contributed by atoms with Crippen molar-refractivity contribution in [3.05, 3.63) is 96.2 Å². The van der Waals surface area contributed by atoms with Crippen LogP contribution in [-0.4, -0.2) is 27.1 Å². The van der Waals surface area contributed by atoms with Gasteiger partial charge in [-0.15, -0.1) is 0 Å². The van der Waals surface area contributed by atoms with E-state index >= 15 is 0 Å². The predicted molar refractivity (Wildman–Crippen MR) is 124 cm³/mol. The van der Waals surface area contributed by atoms with Crippen LogP contribution in [-0.2, 0) is 11.3 Å². The topological polar surface area (TPSA) is 89.2 Å². The van der Waals surface area contributed by atoms with Gasteiger partial charge in [-0.25, -0.2) is 4.98 Å². The van der Waals surface area contributed by atoms with E-state index < -0.39 is 0 Å². The zero-order valence-electron chi connectivity index (χ0n) is 17.4. The molecule has 7 nitrogen and oxygen atoms in total. The van der Waals surface area contributed by atoms with Crippen LogP contribution < -0.4 is 10.6 Å². The van der Waals surface area contributed by atoms with Gasteiger partial charge in [0.1, 0.15) is 5.76 Å². The van der Waals surface area contributed by atoms with Crippen molar-refractivity contribution in [2.24, 2.45) is 0 Å². The van der Waals surface area contributed by atoms with Gasteiger partial charge in [-0.2, -0.15) is 0 Å². The SMILES string of the molecule is Cc1cccc(NC(=O)CSc2nccn2-c2cccc(C(=O)NCc3ccco3)c2)c1. The smallest absolute Gasteiger partial charge is 0.251 e. The monoisotopic (exact) mass is 446 g/mol. The highest BCUT2D eigenvalue weighted by Gasteiger charge is 2.12. The first-order chi connectivity index (χ1) is 15.6. The van der Waals surface area contributed by atoms with Crippen molar-refractivity contribution >= 4 is 29.3 Å². The fourth-order valence-electron chi connectivity index (χ4n) is 3.12. The largest absolute Gasteiger partial charge is 0.467 e. The Balaban J connectivity index is 1.39. The second-order valence-corrected chi connectivity index (χ2v) is 8.04. The van der Waals surface area contributed by atoms with Gasteiger partial charge in [-0.05, 0) is 55.0 Å². The molecular formula is C24H22N4O3S. The molecule has 0 fully saturated rings. The molecule has 0 saturated carbocycles. The van der Waals surface area contributed by atoms with Crippen molar-refractivity contribution in [2.75, 3.05) is 11.1 Å². The fraction of sp³-hybridized carbons (Fsp3) is 0.125. The van der Waals surface area contributed by atoms with Crippen LogP contribution in [0.4, 0.5) is 5.69 Å². The van der Waals surface area contributed by atoms with E-state index in [0.29, 0.717) is 23.0 Å². The molecule has 8 heteroatoms. The molecule has 0 aliphatic heterocycles. The summed E-state index contributed by atoms with van der Waals surface area (Å²) in [5, 5.41) is 6.40. The number of benzene rings is 2. The van der Waals surface area contributed by atoms with Gasteiger partial charge in [-0.1, -0.05) is 30.0 Å². The first-order valence-electron chi connectivity index (χ1n) is 10.0. The minimum absolute atomic E-state index is 0.110. The zero-order chi connectivity index (χ0) is 22.3. The van der Waals surface area contributed by atoms with Gasteiger partial charge >= 0.3 is 0 Å². The highest BCUT2D eigenvalue weighted by atomic mass is 32.2. The van der Waals surface area contributed by atoms with E-state index in [-0.39, 0.29) is 17.6 Å². The second-order valence-electron chi connectivity index (χ2n) is 7.10. The Hall–Kier alpha value is -3.78. The van der Waals surface area contributed by atoms with Crippen LogP contribution in [0.2, 0.25) is 0 Å². The lowest BCUT2D eigenvalue weighted by atomic mass is 10.2. The Labute approximate surface area is 189 Å². The van der Waals surface area contributed by atoms with E-state index in [1.165, 1.54) is 11.8 Å². The predicted octanol–water partition coefficient (Wildman–Crippen LogP) is 4.43. The van der Waals surface area contributed by atoms with Crippen LogP contribution in [0.5, 0.6) is 0 Å². The summed E-state index contributed by atoms with van der Waals surface area (Å²) in [4.78, 5) is 29.2. The third-order valence-corrected chi connectivity index (χ3v) is 5.60. The molecule has 0 saturated heterocycles. The molecule has 0 unspecified atom stereocenters. The summed E-state index contributed by atoms with van der Waals surface area (Å²) in [6.07, 6.45) is 5.05. The number of anilines is 1. The molecule has 4 aromatic rings. The van der Waals surface area contributed by atoms with Crippen molar-refractivity contribution in [2.45, 2.75) is 18.6 Å². The van der Waals surface area contributed by atoms with Crippen LogP contribution in [0.25, 0.3) is 5.69 Å². The van der Waals surface area contributed by atoms with E-state index in [1.54, 1.807) is 42.9 Å². The molecule has 0 atom stereocenters. The van der Waals surface area contributed by atoms with Crippen LogP contribution in [0.1, 0.15) is 21.7 Å². The summed E-state index contributed by atoms with van der Waals surface area (Å²) in [6, 6.07) is 18.5. The third-order valence-electron chi connectivity index (χ3n) is 4.63. The standard InChI is InChI=1S/C24H22N4O3S/c1-17-5-2-7-19(13-17)27-22(29)16-32-24-25-10-11-28(24)20-8-3-6-18(14-20)23(30)26-15-21-9-4-12-31-21/h2-14H,15-16H2,1H3,(H,26,30)(H,27,29). The van der Waals surface area contributed by atoms with Crippen molar-refractivity contribution < 1.29 is 14.0 Å². The van der Waals surface area contributed by atoms with Gasteiger partial charge in [0.05, 0.1) is 18.6 Å². The number of amides is 2. The van der Waals surface area contributed by atoms with Gasteiger partial charge in [-0.3, -0.25) is 14.2 Å².